The van der Waals surface area contributed by atoms with Gasteiger partial charge in [0.25, 0.3) is 0 Å². The van der Waals surface area contributed by atoms with E-state index in [1.165, 1.54) is 12.8 Å². The molecule has 0 amide bonds. The van der Waals surface area contributed by atoms with Gasteiger partial charge in [-0.25, -0.2) is 0 Å². The molecule has 2 bridgehead atoms. The maximum absolute atomic E-state index is 9.87. The van der Waals surface area contributed by atoms with Gasteiger partial charge in [-0.3, -0.25) is 4.98 Å². The molecular weight excluding hydrogens is 258 g/mol. The Bertz CT molecular complexity index is 538. The number of piperidine rings is 1. The van der Waals surface area contributed by atoms with Crippen LogP contribution in [0.25, 0.3) is 0 Å². The van der Waals surface area contributed by atoms with E-state index in [9.17, 15) is 5.26 Å². The summed E-state index contributed by atoms with van der Waals surface area (Å²) in [5.41, 5.74) is 0.552. The van der Waals surface area contributed by atoms with Crippen molar-refractivity contribution < 1.29 is 0 Å². The summed E-state index contributed by atoms with van der Waals surface area (Å²) in [5, 5.41) is 10.5. The van der Waals surface area contributed by atoms with Crippen LogP contribution in [0.15, 0.2) is 18.5 Å². The first-order valence-electron chi connectivity index (χ1n) is 6.82. The lowest BCUT2D eigenvalue weighted by atomic mass is 9.65. The van der Waals surface area contributed by atoms with E-state index in [0.717, 1.165) is 12.0 Å². The predicted octanol–water partition coefficient (Wildman–Crippen LogP) is 3.00. The minimum Gasteiger partial charge on any atom is -0.300 e. The number of aromatic nitrogens is 1. The summed E-state index contributed by atoms with van der Waals surface area (Å²) in [6.45, 7) is 2.20. The molecule has 100 valence electrons. The quantitative estimate of drug-likeness (QED) is 0.791. The van der Waals surface area contributed by atoms with Crippen LogP contribution in [0.4, 0.5) is 0 Å². The fourth-order valence-corrected chi connectivity index (χ4v) is 4.20. The highest BCUT2D eigenvalue weighted by atomic mass is 35.5. The van der Waals surface area contributed by atoms with Crippen molar-refractivity contribution in [3.63, 3.8) is 0 Å². The van der Waals surface area contributed by atoms with Gasteiger partial charge >= 0.3 is 0 Å². The van der Waals surface area contributed by atoms with Crippen LogP contribution in [0, 0.1) is 17.2 Å². The molecule has 3 rings (SSSR count). The monoisotopic (exact) mass is 275 g/mol. The smallest absolute Gasteiger partial charge is 0.0892 e. The SMILES string of the molecule is CC1C2CCC(CC1(C#N)c1cncc(Cl)c1)N2C. The zero-order valence-corrected chi connectivity index (χ0v) is 12.1. The van der Waals surface area contributed by atoms with Gasteiger partial charge in [-0.1, -0.05) is 18.5 Å². The van der Waals surface area contributed by atoms with E-state index in [0.29, 0.717) is 23.0 Å². The minimum atomic E-state index is -0.434. The Labute approximate surface area is 119 Å². The molecule has 0 saturated carbocycles. The average molecular weight is 276 g/mol. The average Bonchev–Trinajstić information content (AvgIpc) is 2.67. The van der Waals surface area contributed by atoms with Crippen molar-refractivity contribution in [1.82, 2.24) is 9.88 Å². The summed E-state index contributed by atoms with van der Waals surface area (Å²) >= 11 is 6.07. The van der Waals surface area contributed by atoms with Crippen molar-refractivity contribution >= 4 is 11.6 Å². The van der Waals surface area contributed by atoms with Gasteiger partial charge in [-0.2, -0.15) is 5.26 Å². The molecule has 0 aliphatic carbocycles. The number of halogens is 1. The first kappa shape index (κ1) is 12.9. The van der Waals surface area contributed by atoms with Gasteiger partial charge in [0.15, 0.2) is 0 Å². The van der Waals surface area contributed by atoms with Crippen LogP contribution in [0.3, 0.4) is 0 Å². The second-order valence-corrected chi connectivity index (χ2v) is 6.37. The normalized spacial score (nSPS) is 38.1. The van der Waals surface area contributed by atoms with Crippen molar-refractivity contribution in [3.8, 4) is 6.07 Å². The van der Waals surface area contributed by atoms with Gasteiger partial charge in [-0.05, 0) is 43.9 Å². The molecule has 2 aliphatic heterocycles. The molecular formula is C15H18ClN3. The molecule has 3 nitrogen and oxygen atoms in total. The maximum atomic E-state index is 9.87. The minimum absolute atomic E-state index is 0.307. The molecule has 19 heavy (non-hydrogen) atoms. The Hall–Kier alpha value is -1.11. The van der Waals surface area contributed by atoms with Gasteiger partial charge in [0.05, 0.1) is 16.5 Å². The summed E-state index contributed by atoms with van der Waals surface area (Å²) in [6, 6.07) is 5.53. The summed E-state index contributed by atoms with van der Waals surface area (Å²) in [4.78, 5) is 6.64. The lowest BCUT2D eigenvalue weighted by molar-refractivity contribution is 0.0794. The molecule has 2 fully saturated rings. The molecule has 4 unspecified atom stereocenters. The van der Waals surface area contributed by atoms with Crippen LogP contribution in [-0.2, 0) is 5.41 Å². The molecule has 0 spiro atoms. The molecule has 4 heteroatoms. The summed E-state index contributed by atoms with van der Waals surface area (Å²) in [6.07, 6.45) is 6.73. The van der Waals surface area contributed by atoms with Crippen molar-refractivity contribution in [2.75, 3.05) is 7.05 Å². The van der Waals surface area contributed by atoms with E-state index in [4.69, 9.17) is 11.6 Å². The Morgan fingerprint density at radius 3 is 2.95 bits per heavy atom. The number of nitriles is 1. The molecule has 0 radical (unpaired) electrons. The third-order valence-corrected chi connectivity index (χ3v) is 5.43. The molecule has 2 aliphatic rings. The van der Waals surface area contributed by atoms with Crippen molar-refractivity contribution in [2.24, 2.45) is 5.92 Å². The zero-order chi connectivity index (χ0) is 13.6. The summed E-state index contributed by atoms with van der Waals surface area (Å²) in [5.74, 6) is 0.307. The fraction of sp³-hybridized carbons (Fsp3) is 0.600. The highest BCUT2D eigenvalue weighted by Gasteiger charge is 2.53. The highest BCUT2D eigenvalue weighted by Crippen LogP contribution is 2.49. The van der Waals surface area contributed by atoms with E-state index >= 15 is 0 Å². The van der Waals surface area contributed by atoms with Crippen molar-refractivity contribution in [3.05, 3.63) is 29.0 Å². The van der Waals surface area contributed by atoms with E-state index in [1.807, 2.05) is 12.3 Å². The van der Waals surface area contributed by atoms with Crippen LogP contribution in [0.1, 0.15) is 31.7 Å². The molecule has 2 saturated heterocycles. The van der Waals surface area contributed by atoms with Crippen LogP contribution in [0.2, 0.25) is 5.02 Å². The Morgan fingerprint density at radius 1 is 1.47 bits per heavy atom. The topological polar surface area (TPSA) is 39.9 Å². The molecule has 1 aromatic heterocycles. The predicted molar refractivity (Wildman–Crippen MR) is 74.9 cm³/mol. The van der Waals surface area contributed by atoms with Gasteiger partial charge in [-0.15, -0.1) is 0 Å². The third-order valence-electron chi connectivity index (χ3n) is 5.23. The van der Waals surface area contributed by atoms with Crippen molar-refractivity contribution in [2.45, 2.75) is 43.7 Å². The standard InChI is InChI=1S/C15H18ClN3/c1-10-14-4-3-13(19(14)2)6-15(10,9-17)11-5-12(16)8-18-7-11/h5,7-8,10,13-14H,3-4,6H2,1-2H3. The van der Waals surface area contributed by atoms with E-state index in [-0.39, 0.29) is 0 Å². The Morgan fingerprint density at radius 2 is 2.26 bits per heavy atom. The number of pyridine rings is 1. The number of fused-ring (bicyclic) bond motifs is 2. The Kier molecular flexibility index (Phi) is 3.03. The maximum Gasteiger partial charge on any atom is 0.0892 e. The van der Waals surface area contributed by atoms with Crippen LogP contribution < -0.4 is 0 Å². The third kappa shape index (κ3) is 1.78. The highest BCUT2D eigenvalue weighted by molar-refractivity contribution is 6.30. The van der Waals surface area contributed by atoms with Crippen molar-refractivity contribution in [1.29, 1.82) is 5.26 Å². The molecule has 4 atom stereocenters. The van der Waals surface area contributed by atoms with Gasteiger partial charge in [0.1, 0.15) is 0 Å². The first-order valence-corrected chi connectivity index (χ1v) is 7.20. The lowest BCUT2D eigenvalue weighted by Crippen LogP contribution is -2.53. The zero-order valence-electron chi connectivity index (χ0n) is 11.3. The number of hydrogen-bond acceptors (Lipinski definition) is 3. The Balaban J connectivity index is 2.08. The van der Waals surface area contributed by atoms with Gasteiger partial charge < -0.3 is 4.90 Å². The molecule has 3 heterocycles. The second kappa shape index (κ2) is 4.47. The molecule has 0 N–H and O–H groups in total. The lowest BCUT2D eigenvalue weighted by Gasteiger charge is -2.46. The van der Waals surface area contributed by atoms with E-state index in [1.54, 1.807) is 6.20 Å². The number of rotatable bonds is 1. The number of nitrogens with zero attached hydrogens (tertiary/aromatic N) is 3. The van der Waals surface area contributed by atoms with E-state index < -0.39 is 5.41 Å². The van der Waals surface area contributed by atoms with Crippen LogP contribution in [0.5, 0.6) is 0 Å². The summed E-state index contributed by atoms with van der Waals surface area (Å²) < 4.78 is 0. The summed E-state index contributed by atoms with van der Waals surface area (Å²) in [7, 11) is 2.19. The molecule has 0 aromatic carbocycles. The number of hydrogen-bond donors (Lipinski definition) is 0. The van der Waals surface area contributed by atoms with Gasteiger partial charge in [0.2, 0.25) is 0 Å². The van der Waals surface area contributed by atoms with Crippen LogP contribution >= 0.6 is 11.6 Å². The largest absolute Gasteiger partial charge is 0.300 e. The second-order valence-electron chi connectivity index (χ2n) is 5.93. The molecule has 1 aromatic rings. The first-order chi connectivity index (χ1) is 9.08. The van der Waals surface area contributed by atoms with E-state index in [2.05, 4.69) is 29.9 Å². The van der Waals surface area contributed by atoms with Gasteiger partial charge in [0, 0.05) is 24.5 Å². The van der Waals surface area contributed by atoms with Crippen LogP contribution in [-0.4, -0.2) is 29.0 Å². The fourth-order valence-electron chi connectivity index (χ4n) is 4.02.